The van der Waals surface area contributed by atoms with Crippen molar-refractivity contribution in [3.8, 4) is 5.75 Å². The van der Waals surface area contributed by atoms with Gasteiger partial charge in [0.1, 0.15) is 5.75 Å². The fraction of sp³-hybridized carbons (Fsp3) is 0.286. The molecule has 2 rings (SSSR count). The minimum atomic E-state index is 0.0784. The lowest BCUT2D eigenvalue weighted by Gasteiger charge is -2.12. The standard InChI is InChI=1S/C14H17NOS/c1-10-8-17-9-13(10)14(15)7-11-3-5-12(16-2)6-4-11/h3-6,8-9,14H,7,15H2,1-2H3. The van der Waals surface area contributed by atoms with Crippen molar-refractivity contribution >= 4 is 11.3 Å². The monoisotopic (exact) mass is 247 g/mol. The molecule has 1 heterocycles. The molecule has 0 fully saturated rings. The maximum Gasteiger partial charge on any atom is 0.118 e. The molecule has 2 aromatic rings. The Morgan fingerprint density at radius 2 is 1.94 bits per heavy atom. The van der Waals surface area contributed by atoms with Crippen LogP contribution >= 0.6 is 11.3 Å². The molecule has 0 radical (unpaired) electrons. The van der Waals surface area contributed by atoms with E-state index in [4.69, 9.17) is 10.5 Å². The number of rotatable bonds is 4. The Labute approximate surface area is 106 Å². The fourth-order valence-corrected chi connectivity index (χ4v) is 2.79. The van der Waals surface area contributed by atoms with E-state index < -0.39 is 0 Å². The average Bonchev–Trinajstić information content (AvgIpc) is 2.76. The molecule has 0 amide bonds. The van der Waals surface area contributed by atoms with Gasteiger partial charge in [0.05, 0.1) is 7.11 Å². The van der Waals surface area contributed by atoms with Gasteiger partial charge in [-0.15, -0.1) is 0 Å². The van der Waals surface area contributed by atoms with Gasteiger partial charge in [0.15, 0.2) is 0 Å². The highest BCUT2D eigenvalue weighted by Crippen LogP contribution is 2.23. The summed E-state index contributed by atoms with van der Waals surface area (Å²) in [5.41, 5.74) is 10.0. The number of nitrogens with two attached hydrogens (primary N) is 1. The van der Waals surface area contributed by atoms with Gasteiger partial charge in [0, 0.05) is 6.04 Å². The maximum absolute atomic E-state index is 6.22. The number of ether oxygens (including phenoxy) is 1. The molecule has 90 valence electrons. The number of hydrogen-bond donors (Lipinski definition) is 1. The molecule has 1 atom stereocenters. The smallest absolute Gasteiger partial charge is 0.118 e. The summed E-state index contributed by atoms with van der Waals surface area (Å²) in [5, 5.41) is 4.28. The van der Waals surface area contributed by atoms with E-state index in [1.54, 1.807) is 18.4 Å². The Kier molecular flexibility index (Phi) is 3.82. The fourth-order valence-electron chi connectivity index (χ4n) is 1.88. The third-order valence-corrected chi connectivity index (χ3v) is 3.79. The molecule has 3 heteroatoms. The predicted octanol–water partition coefficient (Wildman–Crippen LogP) is 3.31. The van der Waals surface area contributed by atoms with E-state index in [1.165, 1.54) is 16.7 Å². The molecule has 0 bridgehead atoms. The third kappa shape index (κ3) is 2.87. The Morgan fingerprint density at radius 1 is 1.24 bits per heavy atom. The van der Waals surface area contributed by atoms with E-state index >= 15 is 0 Å². The highest BCUT2D eigenvalue weighted by Gasteiger charge is 2.10. The van der Waals surface area contributed by atoms with Gasteiger partial charge in [-0.2, -0.15) is 11.3 Å². The molecule has 0 saturated heterocycles. The van der Waals surface area contributed by atoms with Crippen molar-refractivity contribution < 1.29 is 4.74 Å². The summed E-state index contributed by atoms with van der Waals surface area (Å²) in [4.78, 5) is 0. The first-order chi connectivity index (χ1) is 8.20. The van der Waals surface area contributed by atoms with Gasteiger partial charge in [-0.25, -0.2) is 0 Å². The van der Waals surface area contributed by atoms with Crippen LogP contribution in [0.25, 0.3) is 0 Å². The van der Waals surface area contributed by atoms with Crippen LogP contribution in [0, 0.1) is 6.92 Å². The van der Waals surface area contributed by atoms with Gasteiger partial charge in [0.2, 0.25) is 0 Å². The molecule has 0 spiro atoms. The molecule has 0 saturated carbocycles. The van der Waals surface area contributed by atoms with Gasteiger partial charge in [-0.3, -0.25) is 0 Å². The van der Waals surface area contributed by atoms with E-state index in [2.05, 4.69) is 29.8 Å². The van der Waals surface area contributed by atoms with Crippen LogP contribution in [-0.2, 0) is 6.42 Å². The van der Waals surface area contributed by atoms with Gasteiger partial charge in [-0.05, 0) is 52.9 Å². The van der Waals surface area contributed by atoms with E-state index in [1.807, 2.05) is 12.1 Å². The highest BCUT2D eigenvalue weighted by molar-refractivity contribution is 7.08. The number of hydrogen-bond acceptors (Lipinski definition) is 3. The van der Waals surface area contributed by atoms with Crippen LogP contribution in [0.5, 0.6) is 5.75 Å². The molecule has 17 heavy (non-hydrogen) atoms. The third-order valence-electron chi connectivity index (χ3n) is 2.91. The second kappa shape index (κ2) is 5.34. The zero-order valence-electron chi connectivity index (χ0n) is 10.1. The van der Waals surface area contributed by atoms with Crippen molar-refractivity contribution in [1.82, 2.24) is 0 Å². The lowest BCUT2D eigenvalue weighted by molar-refractivity contribution is 0.414. The summed E-state index contributed by atoms with van der Waals surface area (Å²) in [6.45, 7) is 2.11. The van der Waals surface area contributed by atoms with E-state index in [-0.39, 0.29) is 6.04 Å². The Balaban J connectivity index is 2.07. The largest absolute Gasteiger partial charge is 0.497 e. The topological polar surface area (TPSA) is 35.2 Å². The second-order valence-electron chi connectivity index (χ2n) is 4.17. The molecular formula is C14H17NOS. The lowest BCUT2D eigenvalue weighted by atomic mass is 9.99. The van der Waals surface area contributed by atoms with Crippen LogP contribution in [0.4, 0.5) is 0 Å². The first-order valence-corrected chi connectivity index (χ1v) is 6.56. The van der Waals surface area contributed by atoms with Crippen LogP contribution in [0.2, 0.25) is 0 Å². The Bertz CT molecular complexity index is 475. The van der Waals surface area contributed by atoms with Crippen LogP contribution in [-0.4, -0.2) is 7.11 Å². The summed E-state index contributed by atoms with van der Waals surface area (Å²) in [6, 6.07) is 8.17. The van der Waals surface area contributed by atoms with Crippen molar-refractivity contribution in [2.75, 3.05) is 7.11 Å². The minimum Gasteiger partial charge on any atom is -0.497 e. The SMILES string of the molecule is COc1ccc(CC(N)c2cscc2C)cc1. The quantitative estimate of drug-likeness (QED) is 0.899. The van der Waals surface area contributed by atoms with Crippen LogP contribution in [0.15, 0.2) is 35.0 Å². The zero-order valence-corrected chi connectivity index (χ0v) is 11.0. The summed E-state index contributed by atoms with van der Waals surface area (Å²) in [6.07, 6.45) is 0.863. The van der Waals surface area contributed by atoms with Gasteiger partial charge < -0.3 is 10.5 Å². The van der Waals surface area contributed by atoms with Crippen molar-refractivity contribution in [3.63, 3.8) is 0 Å². The highest BCUT2D eigenvalue weighted by atomic mass is 32.1. The van der Waals surface area contributed by atoms with E-state index in [0.717, 1.165) is 12.2 Å². The Hall–Kier alpha value is -1.32. The van der Waals surface area contributed by atoms with Crippen LogP contribution in [0.3, 0.4) is 0 Å². The average molecular weight is 247 g/mol. The molecule has 0 aliphatic rings. The molecule has 1 unspecified atom stereocenters. The van der Waals surface area contributed by atoms with Crippen molar-refractivity contribution in [1.29, 1.82) is 0 Å². The van der Waals surface area contributed by atoms with Crippen LogP contribution < -0.4 is 10.5 Å². The molecule has 2 nitrogen and oxygen atoms in total. The number of benzene rings is 1. The van der Waals surface area contributed by atoms with Crippen LogP contribution in [0.1, 0.15) is 22.7 Å². The summed E-state index contributed by atoms with van der Waals surface area (Å²) in [7, 11) is 1.68. The summed E-state index contributed by atoms with van der Waals surface area (Å²) < 4.78 is 5.14. The maximum atomic E-state index is 6.22. The summed E-state index contributed by atoms with van der Waals surface area (Å²) >= 11 is 1.71. The minimum absolute atomic E-state index is 0.0784. The second-order valence-corrected chi connectivity index (χ2v) is 4.91. The number of thiophene rings is 1. The van der Waals surface area contributed by atoms with Gasteiger partial charge >= 0.3 is 0 Å². The molecule has 0 aliphatic heterocycles. The van der Waals surface area contributed by atoms with E-state index in [0.29, 0.717) is 0 Å². The zero-order chi connectivity index (χ0) is 12.3. The van der Waals surface area contributed by atoms with Gasteiger partial charge in [-0.1, -0.05) is 12.1 Å². The van der Waals surface area contributed by atoms with Gasteiger partial charge in [0.25, 0.3) is 0 Å². The first kappa shape index (κ1) is 12.1. The summed E-state index contributed by atoms with van der Waals surface area (Å²) in [5.74, 6) is 0.883. The van der Waals surface area contributed by atoms with E-state index in [9.17, 15) is 0 Å². The molecular weight excluding hydrogens is 230 g/mol. The predicted molar refractivity (Wildman–Crippen MR) is 72.7 cm³/mol. The molecule has 0 aliphatic carbocycles. The van der Waals surface area contributed by atoms with Crippen molar-refractivity contribution in [2.24, 2.45) is 5.73 Å². The number of methoxy groups -OCH3 is 1. The lowest BCUT2D eigenvalue weighted by Crippen LogP contribution is -2.13. The number of aryl methyl sites for hydroxylation is 1. The molecule has 2 N–H and O–H groups in total. The van der Waals surface area contributed by atoms with Crippen molar-refractivity contribution in [2.45, 2.75) is 19.4 Å². The Morgan fingerprint density at radius 3 is 2.47 bits per heavy atom. The normalized spacial score (nSPS) is 12.4. The first-order valence-electron chi connectivity index (χ1n) is 5.62. The molecule has 1 aromatic carbocycles. The molecule has 1 aromatic heterocycles. The van der Waals surface area contributed by atoms with Crippen molar-refractivity contribution in [3.05, 3.63) is 51.7 Å².